The van der Waals surface area contributed by atoms with Crippen molar-refractivity contribution in [1.29, 1.82) is 0 Å². The summed E-state index contributed by atoms with van der Waals surface area (Å²) in [6.07, 6.45) is 4.01. The van der Waals surface area contributed by atoms with Crippen LogP contribution in [0.3, 0.4) is 0 Å². The van der Waals surface area contributed by atoms with Gasteiger partial charge in [-0.3, -0.25) is 9.98 Å². The Morgan fingerprint density at radius 2 is 1.71 bits per heavy atom. The van der Waals surface area contributed by atoms with Gasteiger partial charge >= 0.3 is 0 Å². The highest BCUT2D eigenvalue weighted by Gasteiger charge is 2.33. The first kappa shape index (κ1) is 12.3. The molecule has 2 nitrogen and oxygen atoms in total. The summed E-state index contributed by atoms with van der Waals surface area (Å²) in [4.78, 5) is 9.15. The normalized spacial score (nSPS) is 19.5. The van der Waals surface area contributed by atoms with E-state index in [-0.39, 0.29) is 10.8 Å². The van der Waals surface area contributed by atoms with Crippen LogP contribution in [0.15, 0.2) is 17.3 Å². The van der Waals surface area contributed by atoms with E-state index in [1.54, 1.807) is 0 Å². The average Bonchev–Trinajstić information content (AvgIpc) is 2.57. The Kier molecular flexibility index (Phi) is 2.64. The first-order chi connectivity index (χ1) is 7.71. The van der Waals surface area contributed by atoms with Gasteiger partial charge in [-0.2, -0.15) is 0 Å². The molecule has 2 rings (SSSR count). The quantitative estimate of drug-likeness (QED) is 0.655. The number of hydrogen-bond donors (Lipinski definition) is 0. The van der Waals surface area contributed by atoms with Crippen molar-refractivity contribution in [2.45, 2.75) is 52.9 Å². The first-order valence-corrected chi connectivity index (χ1v) is 6.25. The molecule has 1 atom stereocenters. The smallest absolute Gasteiger partial charge is 0.0885 e. The van der Waals surface area contributed by atoms with Crippen molar-refractivity contribution in [2.24, 2.45) is 10.4 Å². The molecule has 2 heterocycles. The number of rotatable bonds is 0. The lowest BCUT2D eigenvalue weighted by Crippen LogP contribution is -2.19. The fourth-order valence-electron chi connectivity index (χ4n) is 2.32. The highest BCUT2D eigenvalue weighted by atomic mass is 14.8. The molecular formula is C15H22N2. The van der Waals surface area contributed by atoms with Gasteiger partial charge in [-0.15, -0.1) is 0 Å². The highest BCUT2D eigenvalue weighted by Crippen LogP contribution is 2.45. The van der Waals surface area contributed by atoms with Crippen LogP contribution in [0, 0.1) is 5.41 Å². The molecule has 0 radical (unpaired) electrons. The number of fused-ring (bicyclic) bond motifs is 1. The Balaban J connectivity index is 2.55. The molecular weight excluding hydrogens is 208 g/mol. The molecule has 0 saturated carbocycles. The summed E-state index contributed by atoms with van der Waals surface area (Å²) in [6, 6.07) is 2.12. The fraction of sp³-hybridized carbons (Fsp3) is 0.600. The standard InChI is InChI=1S/C15H22N2/c1-14(2,3)11-9-17-12-10(11)7-8-16-13(12)15(4,5)6/h7-9,11H,1-6H3. The molecule has 1 aromatic heterocycles. The summed E-state index contributed by atoms with van der Waals surface area (Å²) in [6.45, 7) is 13.3. The number of pyridine rings is 1. The molecule has 1 aliphatic rings. The van der Waals surface area contributed by atoms with E-state index in [4.69, 9.17) is 0 Å². The van der Waals surface area contributed by atoms with Crippen molar-refractivity contribution in [1.82, 2.24) is 4.98 Å². The Labute approximate surface area is 104 Å². The molecule has 92 valence electrons. The first-order valence-electron chi connectivity index (χ1n) is 6.25. The van der Waals surface area contributed by atoms with Crippen LogP contribution in [-0.4, -0.2) is 11.2 Å². The third kappa shape index (κ3) is 2.13. The molecule has 0 N–H and O–H groups in total. The van der Waals surface area contributed by atoms with Crippen molar-refractivity contribution in [3.63, 3.8) is 0 Å². The molecule has 1 unspecified atom stereocenters. The lowest BCUT2D eigenvalue weighted by Gasteiger charge is -2.26. The fourth-order valence-corrected chi connectivity index (χ4v) is 2.32. The van der Waals surface area contributed by atoms with Gasteiger partial charge in [-0.05, 0) is 17.0 Å². The number of aliphatic imine (C=N–C) groups is 1. The SMILES string of the molecule is CC(C)(C)c1nccc2c1N=CC2C(C)(C)C. The van der Waals surface area contributed by atoms with Crippen LogP contribution in [0.25, 0.3) is 0 Å². The molecule has 1 aliphatic heterocycles. The molecule has 0 bridgehead atoms. The predicted octanol–water partition coefficient (Wildman–Crippen LogP) is 4.22. The van der Waals surface area contributed by atoms with Crippen LogP contribution in [0.1, 0.15) is 58.7 Å². The van der Waals surface area contributed by atoms with E-state index in [0.29, 0.717) is 5.92 Å². The van der Waals surface area contributed by atoms with E-state index in [2.05, 4.69) is 63.8 Å². The molecule has 2 heteroatoms. The van der Waals surface area contributed by atoms with E-state index < -0.39 is 0 Å². The molecule has 0 spiro atoms. The Hall–Kier alpha value is -1.18. The summed E-state index contributed by atoms with van der Waals surface area (Å²) < 4.78 is 0. The largest absolute Gasteiger partial charge is 0.258 e. The predicted molar refractivity (Wildman–Crippen MR) is 73.3 cm³/mol. The maximum atomic E-state index is 4.63. The van der Waals surface area contributed by atoms with Crippen LogP contribution in [0.2, 0.25) is 0 Å². The summed E-state index contributed by atoms with van der Waals surface area (Å²) in [5.74, 6) is 0.404. The van der Waals surface area contributed by atoms with Crippen molar-refractivity contribution in [2.75, 3.05) is 0 Å². The average molecular weight is 230 g/mol. The molecule has 0 amide bonds. The van der Waals surface area contributed by atoms with Gasteiger partial charge in [0, 0.05) is 23.7 Å². The molecule has 0 saturated heterocycles. The molecule has 0 fully saturated rings. The zero-order chi connectivity index (χ0) is 12.8. The minimum Gasteiger partial charge on any atom is -0.258 e. The van der Waals surface area contributed by atoms with Gasteiger partial charge in [0.15, 0.2) is 0 Å². The van der Waals surface area contributed by atoms with Gasteiger partial charge in [0.05, 0.1) is 11.4 Å². The second kappa shape index (κ2) is 3.66. The maximum Gasteiger partial charge on any atom is 0.0885 e. The van der Waals surface area contributed by atoms with Crippen LogP contribution in [0.4, 0.5) is 5.69 Å². The third-order valence-electron chi connectivity index (χ3n) is 3.29. The molecule has 17 heavy (non-hydrogen) atoms. The van der Waals surface area contributed by atoms with Crippen molar-refractivity contribution >= 4 is 11.9 Å². The zero-order valence-electron chi connectivity index (χ0n) is 11.7. The maximum absolute atomic E-state index is 4.63. The van der Waals surface area contributed by atoms with Gasteiger partial charge in [-0.1, -0.05) is 41.5 Å². The Morgan fingerprint density at radius 1 is 1.06 bits per heavy atom. The van der Waals surface area contributed by atoms with Crippen LogP contribution >= 0.6 is 0 Å². The summed E-state index contributed by atoms with van der Waals surface area (Å²) in [7, 11) is 0. The second-order valence-electron chi connectivity index (χ2n) is 6.97. The van der Waals surface area contributed by atoms with Gasteiger partial charge < -0.3 is 0 Å². The van der Waals surface area contributed by atoms with Gasteiger partial charge in [0.1, 0.15) is 0 Å². The lowest BCUT2D eigenvalue weighted by atomic mass is 9.77. The number of hydrogen-bond acceptors (Lipinski definition) is 2. The number of aromatic nitrogens is 1. The molecule has 0 aliphatic carbocycles. The van der Waals surface area contributed by atoms with Gasteiger partial charge in [-0.25, -0.2) is 0 Å². The third-order valence-corrected chi connectivity index (χ3v) is 3.29. The Morgan fingerprint density at radius 3 is 2.24 bits per heavy atom. The van der Waals surface area contributed by atoms with Crippen molar-refractivity contribution < 1.29 is 0 Å². The highest BCUT2D eigenvalue weighted by molar-refractivity contribution is 5.82. The van der Waals surface area contributed by atoms with Gasteiger partial charge in [0.2, 0.25) is 0 Å². The van der Waals surface area contributed by atoms with Crippen LogP contribution < -0.4 is 0 Å². The van der Waals surface area contributed by atoms with E-state index in [1.165, 1.54) is 5.56 Å². The lowest BCUT2D eigenvalue weighted by molar-refractivity contribution is 0.390. The monoisotopic (exact) mass is 230 g/mol. The second-order valence-corrected chi connectivity index (χ2v) is 6.97. The van der Waals surface area contributed by atoms with Crippen LogP contribution in [0.5, 0.6) is 0 Å². The van der Waals surface area contributed by atoms with E-state index in [1.807, 2.05) is 6.20 Å². The van der Waals surface area contributed by atoms with E-state index in [9.17, 15) is 0 Å². The van der Waals surface area contributed by atoms with Crippen LogP contribution in [-0.2, 0) is 5.41 Å². The Bertz CT molecular complexity index is 459. The summed E-state index contributed by atoms with van der Waals surface area (Å²) in [5.41, 5.74) is 3.80. The van der Waals surface area contributed by atoms with E-state index >= 15 is 0 Å². The topological polar surface area (TPSA) is 25.2 Å². The van der Waals surface area contributed by atoms with Crippen molar-refractivity contribution in [3.05, 3.63) is 23.5 Å². The van der Waals surface area contributed by atoms with E-state index in [0.717, 1.165) is 11.4 Å². The summed E-state index contributed by atoms with van der Waals surface area (Å²) >= 11 is 0. The minimum atomic E-state index is 0.0510. The van der Waals surface area contributed by atoms with Gasteiger partial charge in [0.25, 0.3) is 0 Å². The molecule has 1 aromatic rings. The summed E-state index contributed by atoms with van der Waals surface area (Å²) in [5, 5.41) is 0. The van der Waals surface area contributed by atoms with Crippen molar-refractivity contribution in [3.8, 4) is 0 Å². The zero-order valence-corrected chi connectivity index (χ0v) is 11.7. The minimum absolute atomic E-state index is 0.0510. The molecule has 0 aromatic carbocycles. The number of nitrogens with zero attached hydrogens (tertiary/aromatic N) is 2.